The Bertz CT molecular complexity index is 1310. The van der Waals surface area contributed by atoms with Crippen molar-refractivity contribution >= 4 is 17.7 Å². The molecule has 1 unspecified atom stereocenters. The Labute approximate surface area is 228 Å². The Morgan fingerprint density at radius 1 is 1.07 bits per heavy atom. The number of hydrogen-bond acceptors (Lipinski definition) is 5. The lowest BCUT2D eigenvalue weighted by atomic mass is 10.2. The van der Waals surface area contributed by atoms with E-state index >= 15 is 0 Å². The van der Waals surface area contributed by atoms with Crippen LogP contribution in [0.5, 0.6) is 5.75 Å². The van der Waals surface area contributed by atoms with Gasteiger partial charge in [0.1, 0.15) is 24.3 Å². The molecule has 1 atom stereocenters. The molecule has 1 fully saturated rings. The second-order valence-electron chi connectivity index (χ2n) is 8.53. The molecule has 1 aromatic heterocycles. The fourth-order valence-corrected chi connectivity index (χ4v) is 3.51. The summed E-state index contributed by atoms with van der Waals surface area (Å²) in [5.41, 5.74) is 0.467. The molecule has 2 N–H and O–H groups in total. The van der Waals surface area contributed by atoms with Crippen LogP contribution in [0.15, 0.2) is 60.9 Å². The number of morpholine rings is 1. The van der Waals surface area contributed by atoms with Crippen molar-refractivity contribution in [1.29, 1.82) is 0 Å². The molecule has 0 saturated carbocycles. The minimum absolute atomic E-state index is 0.132. The summed E-state index contributed by atoms with van der Waals surface area (Å²) in [4.78, 5) is 23.1. The minimum atomic E-state index is -5.08. The number of aromatic nitrogens is 2. The van der Waals surface area contributed by atoms with Crippen molar-refractivity contribution in [3.05, 3.63) is 77.9 Å². The van der Waals surface area contributed by atoms with Gasteiger partial charge in [0.15, 0.2) is 0 Å². The molecule has 2 aromatic carbocycles. The van der Waals surface area contributed by atoms with Crippen LogP contribution >= 0.6 is 0 Å². The third kappa shape index (κ3) is 9.66. The Kier molecular flexibility index (Phi) is 10.2. The van der Waals surface area contributed by atoms with E-state index in [1.54, 1.807) is 23.0 Å². The van der Waals surface area contributed by atoms with Crippen molar-refractivity contribution in [3.8, 4) is 5.75 Å². The van der Waals surface area contributed by atoms with Crippen LogP contribution in [0.4, 0.5) is 41.2 Å². The number of anilines is 1. The fourth-order valence-electron chi connectivity index (χ4n) is 3.51. The predicted molar refractivity (Wildman–Crippen MR) is 129 cm³/mol. The average molecular weight is 592 g/mol. The quantitative estimate of drug-likeness (QED) is 0.389. The molecule has 9 nitrogen and oxygen atoms in total. The first-order valence-electron chi connectivity index (χ1n) is 11.8. The molecular weight excluding hydrogens is 569 g/mol. The number of carboxylic acids is 1. The van der Waals surface area contributed by atoms with Crippen LogP contribution in [0.2, 0.25) is 0 Å². The molecule has 41 heavy (non-hydrogen) atoms. The number of hydrogen-bond donors (Lipinski definition) is 2. The third-order valence-corrected chi connectivity index (χ3v) is 5.43. The predicted octanol–water partition coefficient (Wildman–Crippen LogP) is 5.03. The van der Waals surface area contributed by atoms with Crippen molar-refractivity contribution in [2.24, 2.45) is 0 Å². The van der Waals surface area contributed by atoms with Gasteiger partial charge in [0.05, 0.1) is 37.1 Å². The van der Waals surface area contributed by atoms with Gasteiger partial charge in [-0.25, -0.2) is 14.0 Å². The summed E-state index contributed by atoms with van der Waals surface area (Å²) in [6, 6.07) is 10.6. The highest BCUT2D eigenvalue weighted by Gasteiger charge is 2.38. The van der Waals surface area contributed by atoms with E-state index in [-0.39, 0.29) is 37.4 Å². The minimum Gasteiger partial charge on any atom is -0.490 e. The zero-order chi connectivity index (χ0) is 30.2. The van der Waals surface area contributed by atoms with Gasteiger partial charge in [-0.2, -0.15) is 31.4 Å². The van der Waals surface area contributed by atoms with E-state index in [1.165, 1.54) is 41.4 Å². The van der Waals surface area contributed by atoms with Gasteiger partial charge in [-0.05, 0) is 29.8 Å². The highest BCUT2D eigenvalue weighted by atomic mass is 19.4. The van der Waals surface area contributed by atoms with Crippen molar-refractivity contribution < 1.29 is 54.9 Å². The van der Waals surface area contributed by atoms with E-state index in [0.29, 0.717) is 18.8 Å². The van der Waals surface area contributed by atoms with Gasteiger partial charge in [0.2, 0.25) is 0 Å². The molecule has 4 rings (SSSR count). The molecule has 0 bridgehead atoms. The van der Waals surface area contributed by atoms with E-state index in [9.17, 15) is 35.5 Å². The van der Waals surface area contributed by atoms with Crippen LogP contribution in [0.25, 0.3) is 0 Å². The van der Waals surface area contributed by atoms with E-state index in [2.05, 4.69) is 10.4 Å². The second kappa shape index (κ2) is 13.3. The molecule has 0 radical (unpaired) electrons. The molecule has 0 spiro atoms. The van der Waals surface area contributed by atoms with E-state index in [4.69, 9.17) is 19.4 Å². The summed E-state index contributed by atoms with van der Waals surface area (Å²) in [6.07, 6.45) is -7.05. The van der Waals surface area contributed by atoms with Crippen LogP contribution in [-0.4, -0.2) is 70.4 Å². The number of nitrogens with one attached hydrogen (secondary N) is 1. The van der Waals surface area contributed by atoms with Gasteiger partial charge in [0, 0.05) is 12.7 Å². The number of carboxylic acid groups (broad SMARTS) is 1. The summed E-state index contributed by atoms with van der Waals surface area (Å²) >= 11 is 0. The molecule has 16 heteroatoms. The fraction of sp³-hybridized carbons (Fsp3) is 0.320. The molecular formula is C25H23F7N4O5. The third-order valence-electron chi connectivity index (χ3n) is 5.43. The molecule has 2 amide bonds. The van der Waals surface area contributed by atoms with Crippen LogP contribution in [0.1, 0.15) is 11.1 Å². The number of ether oxygens (including phenoxy) is 2. The van der Waals surface area contributed by atoms with E-state index < -0.39 is 30.0 Å². The molecule has 1 saturated heterocycles. The second-order valence-corrected chi connectivity index (χ2v) is 8.53. The largest absolute Gasteiger partial charge is 0.490 e. The number of carbonyl (C=O) groups excluding carboxylic acids is 1. The summed E-state index contributed by atoms with van der Waals surface area (Å²) in [5.74, 6) is -3.36. The van der Waals surface area contributed by atoms with Gasteiger partial charge in [-0.3, -0.25) is 4.68 Å². The number of rotatable bonds is 6. The van der Waals surface area contributed by atoms with Crippen molar-refractivity contribution in [1.82, 2.24) is 14.7 Å². The Balaban J connectivity index is 0.000000587. The lowest BCUT2D eigenvalue weighted by molar-refractivity contribution is -0.192. The summed E-state index contributed by atoms with van der Waals surface area (Å²) in [5, 5.41) is 14.1. The first-order valence-corrected chi connectivity index (χ1v) is 11.8. The molecule has 3 aromatic rings. The lowest BCUT2D eigenvalue weighted by Crippen LogP contribution is -2.49. The topological polar surface area (TPSA) is 106 Å². The summed E-state index contributed by atoms with van der Waals surface area (Å²) < 4.78 is 96.7. The molecule has 1 aliphatic rings. The maximum absolute atomic E-state index is 13.1. The maximum atomic E-state index is 13.1. The van der Waals surface area contributed by atoms with Crippen LogP contribution in [-0.2, 0) is 22.3 Å². The lowest BCUT2D eigenvalue weighted by Gasteiger charge is -2.32. The van der Waals surface area contributed by atoms with Crippen molar-refractivity contribution in [3.63, 3.8) is 0 Å². The van der Waals surface area contributed by atoms with Crippen LogP contribution < -0.4 is 10.1 Å². The van der Waals surface area contributed by atoms with E-state index in [0.717, 1.165) is 11.6 Å². The number of nitrogens with zero attached hydrogens (tertiary/aromatic N) is 3. The smallest absolute Gasteiger partial charge is 0.490 e. The number of para-hydroxylation sites is 1. The molecule has 222 valence electrons. The number of aliphatic carboxylic acids is 1. The Hall–Kier alpha value is -4.34. The number of carbonyl (C=O) groups is 2. The summed E-state index contributed by atoms with van der Waals surface area (Å²) in [6.45, 7) is 0.986. The first-order chi connectivity index (χ1) is 19.2. The van der Waals surface area contributed by atoms with Crippen LogP contribution in [0, 0.1) is 5.82 Å². The number of benzene rings is 2. The maximum Gasteiger partial charge on any atom is 0.490 e. The number of urea groups is 1. The van der Waals surface area contributed by atoms with Gasteiger partial charge in [-0.15, -0.1) is 0 Å². The highest BCUT2D eigenvalue weighted by molar-refractivity contribution is 5.89. The molecule has 0 aliphatic carbocycles. The van der Waals surface area contributed by atoms with Gasteiger partial charge in [-0.1, -0.05) is 24.3 Å². The average Bonchev–Trinajstić information content (AvgIpc) is 3.35. The number of halogens is 7. The SMILES string of the molecule is O=C(Nc1cnn(Cc2ccc(F)cc2)c1)N1CCOC(COc2ccccc2C(F)(F)F)C1.O=C(O)C(F)(F)F. The van der Waals surface area contributed by atoms with Gasteiger partial charge < -0.3 is 24.8 Å². The normalized spacial score (nSPS) is 15.5. The van der Waals surface area contributed by atoms with Crippen molar-refractivity contribution in [2.75, 3.05) is 31.6 Å². The number of alkyl halides is 6. The zero-order valence-electron chi connectivity index (χ0n) is 21.0. The Morgan fingerprint density at radius 2 is 1.73 bits per heavy atom. The molecule has 1 aliphatic heterocycles. The highest BCUT2D eigenvalue weighted by Crippen LogP contribution is 2.36. The zero-order valence-corrected chi connectivity index (χ0v) is 21.0. The van der Waals surface area contributed by atoms with Gasteiger partial charge >= 0.3 is 24.4 Å². The Morgan fingerprint density at radius 3 is 2.37 bits per heavy atom. The molecule has 2 heterocycles. The van der Waals surface area contributed by atoms with Crippen molar-refractivity contribution in [2.45, 2.75) is 25.0 Å². The monoisotopic (exact) mass is 592 g/mol. The standard InChI is InChI=1S/C23H22F4N4O3.C2HF3O2/c24-17-7-5-16(6-8-17)12-31-13-18(11-28-31)29-22(32)30-9-10-33-19(14-30)15-34-21-4-2-1-3-20(21)23(25,26)27;3-2(4,5)1(6)7/h1-8,11,13,19H,9-10,12,14-15H2,(H,29,32);(H,6,7). The van der Waals surface area contributed by atoms with Gasteiger partial charge in [0.25, 0.3) is 0 Å². The van der Waals surface area contributed by atoms with E-state index in [1.807, 2.05) is 0 Å². The first kappa shape index (κ1) is 31.2. The summed E-state index contributed by atoms with van der Waals surface area (Å²) in [7, 11) is 0. The number of amides is 2. The van der Waals surface area contributed by atoms with Crippen LogP contribution in [0.3, 0.4) is 0 Å².